The van der Waals surface area contributed by atoms with Crippen LogP contribution in [0.15, 0.2) is 12.3 Å². The predicted molar refractivity (Wildman–Crippen MR) is 141 cm³/mol. The Balaban J connectivity index is 0. The van der Waals surface area contributed by atoms with Crippen LogP contribution < -0.4 is 0 Å². The molecule has 0 spiro atoms. The fraction of sp³-hybridized carbons (Fsp3) is 0.619. The highest BCUT2D eigenvalue weighted by atomic mass is 31.2. The van der Waals surface area contributed by atoms with Crippen molar-refractivity contribution in [2.45, 2.75) is 62.6 Å². The third kappa shape index (κ3) is 18.1. The lowest BCUT2D eigenvalue weighted by Crippen LogP contribution is -2.54. The predicted octanol–water partition coefficient (Wildman–Crippen LogP) is -3.83. The van der Waals surface area contributed by atoms with Gasteiger partial charge in [-0.25, -0.2) is 23.5 Å². The molecule has 2 rings (SSSR count). The molecule has 0 amide bonds. The van der Waals surface area contributed by atoms with Crippen LogP contribution in [0.4, 0.5) is 0 Å². The van der Waals surface area contributed by atoms with Crippen molar-refractivity contribution in [1.29, 1.82) is 0 Å². The van der Waals surface area contributed by atoms with Crippen molar-refractivity contribution < 1.29 is 112 Å². The number of aliphatic carboxylic acids is 4. The summed E-state index contributed by atoms with van der Waals surface area (Å²) in [5.74, 6) is -10.0. The number of carboxylic acid groups (broad SMARTS) is 4. The normalized spacial score (nSPS) is 27.5. The number of hydrogen-bond donors (Lipinski definition) is 13. The molecule has 2 aliphatic carbocycles. The van der Waals surface area contributed by atoms with E-state index < -0.39 is 118 Å². The minimum Gasteiger partial charge on any atom is -0.481 e. The van der Waals surface area contributed by atoms with Crippen molar-refractivity contribution in [2.24, 2.45) is 11.8 Å². The lowest BCUT2D eigenvalue weighted by molar-refractivity contribution is -0.180. The average Bonchev–Trinajstić information content (AvgIpc) is 2.87. The number of aliphatic hydroxyl groups is 5. The van der Waals surface area contributed by atoms with Crippen LogP contribution in [0.5, 0.6) is 0 Å². The molecule has 0 aromatic rings. The fourth-order valence-corrected chi connectivity index (χ4v) is 4.15. The molecule has 0 aliphatic heterocycles. The van der Waals surface area contributed by atoms with Crippen LogP contribution in [0.2, 0.25) is 0 Å². The molecule has 0 saturated heterocycles. The first kappa shape index (κ1) is 44.9. The number of carboxylic acids is 4. The van der Waals surface area contributed by atoms with Crippen molar-refractivity contribution in [3.8, 4) is 0 Å². The Kier molecular flexibility index (Phi) is 18.4. The maximum Gasteiger partial charge on any atom is 0.525 e. The average molecular weight is 716 g/mol. The van der Waals surface area contributed by atoms with Crippen LogP contribution in [0, 0.1) is 11.8 Å². The molecule has 266 valence electrons. The lowest BCUT2D eigenvalue weighted by atomic mass is 9.75. The van der Waals surface area contributed by atoms with Crippen LogP contribution in [0.3, 0.4) is 0 Å². The number of phosphoric ester groups is 2. The molecular weight excluding hydrogens is 682 g/mol. The molecule has 2 saturated carbocycles. The van der Waals surface area contributed by atoms with Gasteiger partial charge in [-0.1, -0.05) is 0 Å². The number of phosphoric acid groups is 2. The molecule has 46 heavy (non-hydrogen) atoms. The highest BCUT2D eigenvalue weighted by Gasteiger charge is 2.49. The molecule has 0 aromatic heterocycles. The maximum absolute atomic E-state index is 10.8. The Bertz CT molecular complexity index is 1210. The van der Waals surface area contributed by atoms with Gasteiger partial charge in [-0.2, -0.15) is 0 Å². The van der Waals surface area contributed by atoms with E-state index in [0.29, 0.717) is 0 Å². The first-order chi connectivity index (χ1) is 20.5. The summed E-state index contributed by atoms with van der Waals surface area (Å²) in [5.41, 5.74) is -2.25. The largest absolute Gasteiger partial charge is 0.525 e. The minimum absolute atomic E-state index is 0.0533. The zero-order valence-electron chi connectivity index (χ0n) is 23.5. The number of Topliss-reactive ketones (excluding diaryl/α,β-unsaturated/α-hetero) is 2. The molecule has 0 radical (unpaired) electrons. The number of aliphatic hydroxyl groups excluding tert-OH is 4. The summed E-state index contributed by atoms with van der Waals surface area (Å²) in [6, 6.07) is 0. The van der Waals surface area contributed by atoms with Gasteiger partial charge in [0.15, 0.2) is 11.4 Å². The van der Waals surface area contributed by atoms with Gasteiger partial charge < -0.3 is 60.3 Å². The summed E-state index contributed by atoms with van der Waals surface area (Å²) in [4.78, 5) is 93.8. The van der Waals surface area contributed by atoms with E-state index in [2.05, 4.69) is 15.6 Å². The fourth-order valence-electron chi connectivity index (χ4n) is 3.40. The van der Waals surface area contributed by atoms with Gasteiger partial charge in [-0.15, -0.1) is 0 Å². The summed E-state index contributed by atoms with van der Waals surface area (Å²) < 4.78 is 28.1. The Hall–Kier alpha value is -3.18. The van der Waals surface area contributed by atoms with Gasteiger partial charge in [0.25, 0.3) is 0 Å². The van der Waals surface area contributed by atoms with E-state index in [-0.39, 0.29) is 12.8 Å². The Labute approximate surface area is 257 Å². The SMILES string of the molecule is C=C(OP(=O)(O)O)C(=O)O.CC(=O)C(=O)O.O=C(O)C1CC(=O)[C@@H](O)[C@H](O)C1.O=C(O)[C@]1(O)C[C@H](COP(=O)(O)O)[C@@H](O)[C@H](O)C1. The highest BCUT2D eigenvalue weighted by molar-refractivity contribution is 7.46. The number of hydrogen-bond acceptors (Lipinski definition) is 15. The first-order valence-corrected chi connectivity index (χ1v) is 15.2. The van der Waals surface area contributed by atoms with E-state index in [0.717, 1.165) is 6.92 Å². The minimum atomic E-state index is -4.77. The number of carbonyl (C=O) groups excluding carboxylic acids is 2. The second-order valence-electron chi connectivity index (χ2n) is 9.47. The Morgan fingerprint density at radius 1 is 0.870 bits per heavy atom. The topological polar surface area (TPSA) is 418 Å². The summed E-state index contributed by atoms with van der Waals surface area (Å²) in [5, 5.41) is 79.6. The van der Waals surface area contributed by atoms with Crippen LogP contribution in [0.1, 0.15) is 32.6 Å². The number of carbonyl (C=O) groups is 6. The molecular formula is C21H34O23P2. The van der Waals surface area contributed by atoms with Gasteiger partial charge in [0, 0.05) is 25.7 Å². The maximum atomic E-state index is 10.8. The molecule has 7 atom stereocenters. The van der Waals surface area contributed by atoms with E-state index in [9.17, 15) is 53.2 Å². The molecule has 0 heterocycles. The summed E-state index contributed by atoms with van der Waals surface area (Å²) in [7, 11) is -9.52. The monoisotopic (exact) mass is 716 g/mol. The molecule has 2 fully saturated rings. The van der Waals surface area contributed by atoms with E-state index in [4.69, 9.17) is 50.2 Å². The summed E-state index contributed by atoms with van der Waals surface area (Å²) >= 11 is 0. The Morgan fingerprint density at radius 3 is 1.65 bits per heavy atom. The second kappa shape index (κ2) is 18.8. The smallest absolute Gasteiger partial charge is 0.481 e. The van der Waals surface area contributed by atoms with Crippen molar-refractivity contribution in [3.63, 3.8) is 0 Å². The van der Waals surface area contributed by atoms with Gasteiger partial charge in [0.2, 0.25) is 11.5 Å². The van der Waals surface area contributed by atoms with Gasteiger partial charge in [-0.3, -0.25) is 28.7 Å². The number of ketones is 2. The number of rotatable bonds is 9. The van der Waals surface area contributed by atoms with Crippen molar-refractivity contribution >= 4 is 51.1 Å². The van der Waals surface area contributed by atoms with E-state index in [1.165, 1.54) is 0 Å². The van der Waals surface area contributed by atoms with Crippen molar-refractivity contribution in [2.75, 3.05) is 6.61 Å². The third-order valence-corrected chi connectivity index (χ3v) is 6.61. The zero-order valence-corrected chi connectivity index (χ0v) is 25.3. The standard InChI is InChI=1S/C8H15O9P.C7H10O5.C3H5O6P.C3H4O3/c9-5-2-8(13,7(11)12)1-4(6(5)10)3-17-18(14,15)16;8-4-1-3(7(11)12)2-5(9)6(4)10;1-2(3(4)5)9-10(6,7)8;1-2(4)3(5)6/h4-6,9-10,13H,1-3H2,(H,11,12)(H2,14,15,16);3-4,6,8,10H,1-2H2,(H,11,12);1H2,(H,4,5)(H2,6,7,8);1H3,(H,5,6)/t4-,5-,6-,8+;3?,4-,6+;;/m11../s1. The Morgan fingerprint density at radius 2 is 1.35 bits per heavy atom. The molecule has 0 aromatic carbocycles. The molecule has 25 heteroatoms. The molecule has 13 N–H and O–H groups in total. The lowest BCUT2D eigenvalue weighted by Gasteiger charge is -2.39. The van der Waals surface area contributed by atoms with Crippen LogP contribution in [-0.4, -0.2) is 138 Å². The van der Waals surface area contributed by atoms with E-state index in [1.54, 1.807) is 0 Å². The van der Waals surface area contributed by atoms with Crippen LogP contribution in [-0.2, 0) is 46.9 Å². The van der Waals surface area contributed by atoms with Gasteiger partial charge in [0.05, 0.1) is 30.8 Å². The van der Waals surface area contributed by atoms with Crippen LogP contribution >= 0.6 is 15.6 Å². The molecule has 23 nitrogen and oxygen atoms in total. The van der Waals surface area contributed by atoms with Crippen molar-refractivity contribution in [3.05, 3.63) is 12.3 Å². The van der Waals surface area contributed by atoms with Gasteiger partial charge in [0.1, 0.15) is 6.10 Å². The third-order valence-electron chi connectivity index (χ3n) is 5.66. The van der Waals surface area contributed by atoms with E-state index in [1.807, 2.05) is 0 Å². The first-order valence-electron chi connectivity index (χ1n) is 12.1. The highest BCUT2D eigenvalue weighted by Crippen LogP contribution is 2.40. The molecule has 1 unspecified atom stereocenters. The van der Waals surface area contributed by atoms with Gasteiger partial charge in [-0.05, 0) is 19.4 Å². The zero-order chi connectivity index (χ0) is 37.0. The summed E-state index contributed by atoms with van der Waals surface area (Å²) in [6.07, 6.45) is -6.83. The quantitative estimate of drug-likeness (QED) is 0.0470. The summed E-state index contributed by atoms with van der Waals surface area (Å²) in [6.45, 7) is 3.06. The molecule has 2 aliphatic rings. The van der Waals surface area contributed by atoms with Crippen LogP contribution in [0.25, 0.3) is 0 Å². The van der Waals surface area contributed by atoms with Gasteiger partial charge >= 0.3 is 39.5 Å². The second-order valence-corrected chi connectivity index (χ2v) is 11.9. The van der Waals surface area contributed by atoms with Crippen molar-refractivity contribution in [1.82, 2.24) is 0 Å². The molecule has 0 bridgehead atoms. The van der Waals surface area contributed by atoms with E-state index >= 15 is 0 Å².